The fourth-order valence-electron chi connectivity index (χ4n) is 4.04. The predicted octanol–water partition coefficient (Wildman–Crippen LogP) is 3.95. The lowest BCUT2D eigenvalue weighted by Gasteiger charge is -2.37. The zero-order valence-electron chi connectivity index (χ0n) is 17.0. The Bertz CT molecular complexity index is 1010. The van der Waals surface area contributed by atoms with Crippen molar-refractivity contribution < 1.29 is 14.6 Å². The summed E-state index contributed by atoms with van der Waals surface area (Å²) in [6.45, 7) is 6.46. The maximum atomic E-state index is 12.2. The number of nitrogens with one attached hydrogen (secondary N) is 1. The van der Waals surface area contributed by atoms with Crippen LogP contribution in [-0.4, -0.2) is 65.2 Å². The van der Waals surface area contributed by atoms with E-state index < -0.39 is 12.0 Å². The predicted molar refractivity (Wildman–Crippen MR) is 118 cm³/mol. The van der Waals surface area contributed by atoms with E-state index in [0.717, 1.165) is 47.4 Å². The Morgan fingerprint density at radius 3 is 2.60 bits per heavy atom. The molecule has 0 bridgehead atoms. The van der Waals surface area contributed by atoms with Crippen molar-refractivity contribution in [3.8, 4) is 5.75 Å². The molecule has 1 fully saturated rings. The van der Waals surface area contributed by atoms with E-state index in [1.165, 1.54) is 0 Å². The van der Waals surface area contributed by atoms with Gasteiger partial charge in [-0.3, -0.25) is 14.6 Å². The molecule has 2 N–H and O–H groups in total. The summed E-state index contributed by atoms with van der Waals surface area (Å²) in [4.78, 5) is 19.8. The van der Waals surface area contributed by atoms with Crippen LogP contribution < -0.4 is 4.74 Å². The summed E-state index contributed by atoms with van der Waals surface area (Å²) >= 11 is 5.89. The van der Waals surface area contributed by atoms with Crippen LogP contribution in [0.1, 0.15) is 17.2 Å². The van der Waals surface area contributed by atoms with E-state index >= 15 is 0 Å². The maximum absolute atomic E-state index is 12.2. The molecule has 1 atom stereocenters. The highest BCUT2D eigenvalue weighted by Crippen LogP contribution is 2.30. The monoisotopic (exact) mass is 427 g/mol. The number of aryl methyl sites for hydroxylation is 1. The van der Waals surface area contributed by atoms with Gasteiger partial charge < -0.3 is 14.8 Å². The summed E-state index contributed by atoms with van der Waals surface area (Å²) < 4.78 is 5.78. The van der Waals surface area contributed by atoms with Crippen LogP contribution in [0.15, 0.2) is 48.7 Å². The third kappa shape index (κ3) is 4.61. The summed E-state index contributed by atoms with van der Waals surface area (Å²) in [5, 5.41) is 11.7. The standard InChI is InChI=1S/C23H26ClN3O3/c1-16-2-7-21-19(14-16)20(15-25-21)22(23(28)29)27-10-8-26(9-11-27)12-13-30-18-5-3-17(24)4-6-18/h2-7,14-15,22,25H,8-13H2,1H3,(H,28,29)/t22-/m1/s1. The minimum Gasteiger partial charge on any atom is -0.492 e. The summed E-state index contributed by atoms with van der Waals surface area (Å²) in [5.74, 6) is -0.00413. The van der Waals surface area contributed by atoms with Crippen molar-refractivity contribution in [2.24, 2.45) is 0 Å². The first-order valence-corrected chi connectivity index (χ1v) is 10.5. The number of aliphatic carboxylic acids is 1. The van der Waals surface area contributed by atoms with Gasteiger partial charge in [0.2, 0.25) is 0 Å². The topological polar surface area (TPSA) is 68.8 Å². The Balaban J connectivity index is 1.36. The van der Waals surface area contributed by atoms with Crippen molar-refractivity contribution in [3.05, 3.63) is 64.8 Å². The van der Waals surface area contributed by atoms with Crippen molar-refractivity contribution >= 4 is 28.5 Å². The zero-order valence-corrected chi connectivity index (χ0v) is 17.7. The van der Waals surface area contributed by atoms with Gasteiger partial charge in [-0.2, -0.15) is 0 Å². The van der Waals surface area contributed by atoms with Crippen LogP contribution in [0.25, 0.3) is 10.9 Å². The molecule has 158 valence electrons. The molecule has 0 saturated carbocycles. The number of nitrogens with zero attached hydrogens (tertiary/aromatic N) is 2. The van der Waals surface area contributed by atoms with Crippen molar-refractivity contribution in [2.75, 3.05) is 39.3 Å². The molecule has 1 aliphatic heterocycles. The van der Waals surface area contributed by atoms with Gasteiger partial charge in [0.1, 0.15) is 18.4 Å². The minimum atomic E-state index is -0.808. The van der Waals surface area contributed by atoms with Crippen LogP contribution in [0.4, 0.5) is 0 Å². The number of rotatable bonds is 7. The molecule has 1 saturated heterocycles. The van der Waals surface area contributed by atoms with Gasteiger partial charge in [0.25, 0.3) is 0 Å². The van der Waals surface area contributed by atoms with Crippen LogP contribution in [0.3, 0.4) is 0 Å². The molecule has 4 rings (SSSR count). The first kappa shape index (κ1) is 20.7. The van der Waals surface area contributed by atoms with Gasteiger partial charge >= 0.3 is 5.97 Å². The van der Waals surface area contributed by atoms with Gasteiger partial charge in [0.15, 0.2) is 0 Å². The number of H-pyrrole nitrogens is 1. The molecule has 30 heavy (non-hydrogen) atoms. The van der Waals surface area contributed by atoms with E-state index in [1.54, 1.807) is 0 Å². The fourth-order valence-corrected chi connectivity index (χ4v) is 4.16. The molecule has 2 aromatic carbocycles. The second-order valence-corrected chi connectivity index (χ2v) is 8.15. The Morgan fingerprint density at radius 1 is 1.17 bits per heavy atom. The van der Waals surface area contributed by atoms with Crippen LogP contribution in [-0.2, 0) is 4.79 Å². The Kier molecular flexibility index (Phi) is 6.27. The summed E-state index contributed by atoms with van der Waals surface area (Å²) in [5.41, 5.74) is 2.93. The third-order valence-electron chi connectivity index (χ3n) is 5.66. The molecule has 0 aliphatic carbocycles. The van der Waals surface area contributed by atoms with Crippen molar-refractivity contribution in [3.63, 3.8) is 0 Å². The highest BCUT2D eigenvalue weighted by atomic mass is 35.5. The molecule has 0 unspecified atom stereocenters. The first-order valence-electron chi connectivity index (χ1n) is 10.2. The van der Waals surface area contributed by atoms with Crippen LogP contribution in [0.2, 0.25) is 5.02 Å². The lowest BCUT2D eigenvalue weighted by Crippen LogP contribution is -2.50. The Morgan fingerprint density at radius 2 is 1.90 bits per heavy atom. The minimum absolute atomic E-state index is 0.589. The van der Waals surface area contributed by atoms with Gasteiger partial charge in [-0.05, 0) is 43.3 Å². The van der Waals surface area contributed by atoms with Crippen molar-refractivity contribution in [1.82, 2.24) is 14.8 Å². The highest BCUT2D eigenvalue weighted by molar-refractivity contribution is 6.30. The number of carbonyl (C=O) groups is 1. The number of ether oxygens (including phenoxy) is 1. The van der Waals surface area contributed by atoms with Crippen molar-refractivity contribution in [1.29, 1.82) is 0 Å². The Labute approximate surface area is 181 Å². The van der Waals surface area contributed by atoms with Gasteiger partial charge in [-0.1, -0.05) is 23.2 Å². The van der Waals surface area contributed by atoms with Gasteiger partial charge in [0, 0.05) is 60.4 Å². The molecule has 3 aromatic rings. The van der Waals surface area contributed by atoms with Gasteiger partial charge in [-0.25, -0.2) is 0 Å². The maximum Gasteiger partial charge on any atom is 0.325 e. The molecule has 1 aromatic heterocycles. The number of halogens is 1. The number of piperazine rings is 1. The van der Waals surface area contributed by atoms with Gasteiger partial charge in [0.05, 0.1) is 0 Å². The third-order valence-corrected chi connectivity index (χ3v) is 5.91. The first-order chi connectivity index (χ1) is 14.5. The van der Waals surface area contributed by atoms with E-state index in [9.17, 15) is 9.90 Å². The molecule has 6 nitrogen and oxygen atoms in total. The van der Waals surface area contributed by atoms with Crippen LogP contribution in [0, 0.1) is 6.92 Å². The molecule has 0 radical (unpaired) electrons. The molecular weight excluding hydrogens is 402 g/mol. The smallest absolute Gasteiger partial charge is 0.325 e. The number of aromatic nitrogens is 1. The summed E-state index contributed by atoms with van der Waals surface area (Å²) in [6.07, 6.45) is 1.84. The SMILES string of the molecule is Cc1ccc2[nH]cc([C@H](C(=O)O)N3CCN(CCOc4ccc(Cl)cc4)CC3)c2c1. The van der Waals surface area contributed by atoms with E-state index in [0.29, 0.717) is 24.7 Å². The fraction of sp³-hybridized carbons (Fsp3) is 0.348. The average Bonchev–Trinajstić information content (AvgIpc) is 3.13. The lowest BCUT2D eigenvalue weighted by molar-refractivity contribution is -0.144. The molecular formula is C23H26ClN3O3. The number of carboxylic acids is 1. The van der Waals surface area contributed by atoms with E-state index in [1.807, 2.05) is 49.5 Å². The van der Waals surface area contributed by atoms with Crippen LogP contribution >= 0.6 is 11.6 Å². The van der Waals surface area contributed by atoms with E-state index in [2.05, 4.69) is 20.9 Å². The normalized spacial score (nSPS) is 16.6. The number of hydrogen-bond donors (Lipinski definition) is 2. The number of carboxylic acid groups (broad SMARTS) is 1. The molecule has 0 amide bonds. The quantitative estimate of drug-likeness (QED) is 0.597. The second kappa shape index (κ2) is 9.08. The van der Waals surface area contributed by atoms with Crippen LogP contribution in [0.5, 0.6) is 5.75 Å². The summed E-state index contributed by atoms with van der Waals surface area (Å²) in [7, 11) is 0. The molecule has 2 heterocycles. The Hall–Kier alpha value is -2.54. The van der Waals surface area contributed by atoms with Gasteiger partial charge in [-0.15, -0.1) is 0 Å². The number of hydrogen-bond acceptors (Lipinski definition) is 4. The van der Waals surface area contributed by atoms with Crippen molar-refractivity contribution in [2.45, 2.75) is 13.0 Å². The zero-order chi connectivity index (χ0) is 21.1. The summed E-state index contributed by atoms with van der Waals surface area (Å²) in [6, 6.07) is 12.8. The lowest BCUT2D eigenvalue weighted by atomic mass is 10.0. The number of aromatic amines is 1. The molecule has 0 spiro atoms. The number of benzene rings is 2. The molecule has 7 heteroatoms. The highest BCUT2D eigenvalue weighted by Gasteiger charge is 2.32. The molecule has 1 aliphatic rings. The average molecular weight is 428 g/mol. The largest absolute Gasteiger partial charge is 0.492 e. The number of fused-ring (bicyclic) bond motifs is 1. The second-order valence-electron chi connectivity index (χ2n) is 7.71. The van der Waals surface area contributed by atoms with E-state index in [4.69, 9.17) is 16.3 Å². The van der Waals surface area contributed by atoms with E-state index in [-0.39, 0.29) is 0 Å².